The number of furan rings is 1. The molecule has 1 aromatic carbocycles. The van der Waals surface area contributed by atoms with Crippen LogP contribution in [0.3, 0.4) is 0 Å². The van der Waals surface area contributed by atoms with Crippen molar-refractivity contribution < 1.29 is 19.1 Å². The minimum atomic E-state index is -1.15. The van der Waals surface area contributed by atoms with Crippen molar-refractivity contribution in [2.75, 3.05) is 0 Å². The Morgan fingerprint density at radius 2 is 2.26 bits per heavy atom. The van der Waals surface area contributed by atoms with E-state index >= 15 is 0 Å². The van der Waals surface area contributed by atoms with E-state index < -0.39 is 5.97 Å². The first-order valence-corrected chi connectivity index (χ1v) is 6.03. The van der Waals surface area contributed by atoms with Gasteiger partial charge in [0.1, 0.15) is 18.4 Å². The summed E-state index contributed by atoms with van der Waals surface area (Å²) < 4.78 is 11.1. The molecular formula is C13H8BrNO4. The van der Waals surface area contributed by atoms with Crippen molar-refractivity contribution in [1.82, 2.24) is 0 Å². The first kappa shape index (κ1) is 13.2. The van der Waals surface area contributed by atoms with Crippen molar-refractivity contribution >= 4 is 21.9 Å². The fraction of sp³-hybridized carbons (Fsp3) is 0.0769. The molecule has 1 aromatic heterocycles. The zero-order chi connectivity index (χ0) is 13.8. The summed E-state index contributed by atoms with van der Waals surface area (Å²) in [4.78, 5) is 10.9. The summed E-state index contributed by atoms with van der Waals surface area (Å²) in [6, 6.07) is 8.54. The number of carbonyl (C=O) groups is 1. The van der Waals surface area contributed by atoms with Crippen LogP contribution < -0.4 is 4.74 Å². The summed E-state index contributed by atoms with van der Waals surface area (Å²) in [7, 11) is 0. The van der Waals surface area contributed by atoms with Gasteiger partial charge in [0.05, 0.1) is 11.8 Å². The van der Waals surface area contributed by atoms with E-state index in [4.69, 9.17) is 19.5 Å². The maximum atomic E-state index is 10.9. The smallest absolute Gasteiger partial charge is 0.372 e. The Hall–Kier alpha value is -2.26. The van der Waals surface area contributed by atoms with Gasteiger partial charge in [-0.1, -0.05) is 15.9 Å². The fourth-order valence-corrected chi connectivity index (χ4v) is 1.87. The van der Waals surface area contributed by atoms with Crippen LogP contribution in [0, 0.1) is 11.3 Å². The summed E-state index contributed by atoms with van der Waals surface area (Å²) in [6.45, 7) is 0.0223. The van der Waals surface area contributed by atoms with Gasteiger partial charge in [0.15, 0.2) is 0 Å². The molecule has 1 heterocycles. The molecule has 0 bridgehead atoms. The van der Waals surface area contributed by atoms with Crippen LogP contribution in [0.15, 0.2) is 39.4 Å². The normalized spacial score (nSPS) is 9.89. The second-order valence-corrected chi connectivity index (χ2v) is 4.54. The number of benzene rings is 1. The number of rotatable bonds is 4. The highest BCUT2D eigenvalue weighted by molar-refractivity contribution is 9.10. The van der Waals surface area contributed by atoms with E-state index in [1.165, 1.54) is 12.3 Å². The molecule has 0 atom stereocenters. The van der Waals surface area contributed by atoms with E-state index in [0.717, 1.165) is 4.47 Å². The quantitative estimate of drug-likeness (QED) is 0.934. The van der Waals surface area contributed by atoms with Gasteiger partial charge in [0.25, 0.3) is 0 Å². The lowest BCUT2D eigenvalue weighted by molar-refractivity contribution is 0.0658. The third-order valence-corrected chi connectivity index (χ3v) is 2.88. The Bertz CT molecular complexity index is 657. The fourth-order valence-electron chi connectivity index (χ4n) is 1.51. The predicted octanol–water partition coefficient (Wildman–Crippen LogP) is 3.19. The number of halogens is 1. The summed E-state index contributed by atoms with van der Waals surface area (Å²) in [5.74, 6) is -0.918. The minimum absolute atomic E-state index is 0.0223. The van der Waals surface area contributed by atoms with Gasteiger partial charge in [0, 0.05) is 10.0 Å². The molecule has 0 aliphatic rings. The predicted molar refractivity (Wildman–Crippen MR) is 68.9 cm³/mol. The Labute approximate surface area is 117 Å². The molecule has 5 nitrogen and oxygen atoms in total. The van der Waals surface area contributed by atoms with Gasteiger partial charge in [-0.3, -0.25) is 0 Å². The second-order valence-electron chi connectivity index (χ2n) is 3.62. The number of carboxylic acids is 1. The van der Waals surface area contributed by atoms with E-state index in [0.29, 0.717) is 16.9 Å². The van der Waals surface area contributed by atoms with E-state index in [-0.39, 0.29) is 12.4 Å². The van der Waals surface area contributed by atoms with Crippen LogP contribution in [0.5, 0.6) is 5.75 Å². The van der Waals surface area contributed by atoms with Gasteiger partial charge in [-0.25, -0.2) is 4.79 Å². The van der Waals surface area contributed by atoms with Crippen molar-refractivity contribution in [3.63, 3.8) is 0 Å². The van der Waals surface area contributed by atoms with Gasteiger partial charge >= 0.3 is 5.97 Å². The van der Waals surface area contributed by atoms with Crippen LogP contribution in [0.1, 0.15) is 21.7 Å². The molecule has 96 valence electrons. The van der Waals surface area contributed by atoms with Crippen LogP contribution in [0.4, 0.5) is 0 Å². The zero-order valence-electron chi connectivity index (χ0n) is 9.59. The van der Waals surface area contributed by atoms with E-state index in [1.54, 1.807) is 18.2 Å². The Morgan fingerprint density at radius 1 is 1.47 bits per heavy atom. The number of nitrogens with zero attached hydrogens (tertiary/aromatic N) is 1. The van der Waals surface area contributed by atoms with Crippen molar-refractivity contribution in [2.24, 2.45) is 0 Å². The Balaban J connectivity index is 2.17. The van der Waals surface area contributed by atoms with Crippen molar-refractivity contribution in [2.45, 2.75) is 6.61 Å². The molecule has 2 rings (SSSR count). The highest BCUT2D eigenvalue weighted by Crippen LogP contribution is 2.24. The number of carboxylic acid groups (broad SMARTS) is 1. The topological polar surface area (TPSA) is 83.5 Å². The lowest BCUT2D eigenvalue weighted by atomic mass is 10.2. The van der Waals surface area contributed by atoms with Gasteiger partial charge in [0.2, 0.25) is 5.76 Å². The molecule has 0 saturated heterocycles. The number of nitriles is 1. The van der Waals surface area contributed by atoms with Crippen LogP contribution in [0.2, 0.25) is 0 Å². The summed E-state index contributed by atoms with van der Waals surface area (Å²) >= 11 is 3.26. The Morgan fingerprint density at radius 3 is 2.95 bits per heavy atom. The molecule has 0 saturated carbocycles. The average molecular weight is 322 g/mol. The highest BCUT2D eigenvalue weighted by atomic mass is 79.9. The van der Waals surface area contributed by atoms with Crippen LogP contribution in [-0.4, -0.2) is 11.1 Å². The molecular weight excluding hydrogens is 314 g/mol. The lowest BCUT2D eigenvalue weighted by Gasteiger charge is -2.07. The first-order chi connectivity index (χ1) is 9.11. The van der Waals surface area contributed by atoms with E-state index in [2.05, 4.69) is 15.9 Å². The number of ether oxygens (including phenoxy) is 1. The number of hydrogen-bond donors (Lipinski definition) is 1. The summed E-state index contributed by atoms with van der Waals surface area (Å²) in [6.07, 6.45) is 1.29. The minimum Gasteiger partial charge on any atom is -0.487 e. The van der Waals surface area contributed by atoms with Gasteiger partial charge < -0.3 is 14.3 Å². The third kappa shape index (κ3) is 2.95. The van der Waals surface area contributed by atoms with Crippen molar-refractivity contribution in [3.05, 3.63) is 51.9 Å². The van der Waals surface area contributed by atoms with E-state index in [9.17, 15) is 4.79 Å². The molecule has 2 aromatic rings. The van der Waals surface area contributed by atoms with Gasteiger partial charge in [-0.05, 0) is 24.3 Å². The molecule has 0 spiro atoms. The van der Waals surface area contributed by atoms with Crippen LogP contribution in [0.25, 0.3) is 0 Å². The molecule has 0 aliphatic heterocycles. The third-order valence-electron chi connectivity index (χ3n) is 2.39. The summed E-state index contributed by atoms with van der Waals surface area (Å²) in [5, 5.41) is 17.9. The van der Waals surface area contributed by atoms with Crippen molar-refractivity contribution in [1.29, 1.82) is 5.26 Å². The van der Waals surface area contributed by atoms with Crippen molar-refractivity contribution in [3.8, 4) is 11.8 Å². The molecule has 0 radical (unpaired) electrons. The molecule has 6 heteroatoms. The monoisotopic (exact) mass is 321 g/mol. The lowest BCUT2D eigenvalue weighted by Crippen LogP contribution is -2.03. The average Bonchev–Trinajstić information content (AvgIpc) is 2.85. The molecule has 0 fully saturated rings. The summed E-state index contributed by atoms with van der Waals surface area (Å²) in [5.41, 5.74) is 0.786. The molecule has 19 heavy (non-hydrogen) atoms. The highest BCUT2D eigenvalue weighted by Gasteiger charge is 2.15. The molecule has 0 unspecified atom stereocenters. The second kappa shape index (κ2) is 5.59. The molecule has 0 amide bonds. The van der Waals surface area contributed by atoms with Gasteiger partial charge in [-0.15, -0.1) is 0 Å². The van der Waals surface area contributed by atoms with Crippen LogP contribution in [-0.2, 0) is 6.61 Å². The number of hydrogen-bond acceptors (Lipinski definition) is 4. The van der Waals surface area contributed by atoms with Crippen LogP contribution >= 0.6 is 15.9 Å². The standard InChI is InChI=1S/C13H8BrNO4/c14-10-1-2-11(9(5-10)6-15)19-7-8-3-4-18-12(8)13(16)17/h1-5H,7H2,(H,16,17). The molecule has 0 aliphatic carbocycles. The Kier molecular flexibility index (Phi) is 3.88. The zero-order valence-corrected chi connectivity index (χ0v) is 11.2. The van der Waals surface area contributed by atoms with Gasteiger partial charge in [-0.2, -0.15) is 5.26 Å². The maximum Gasteiger partial charge on any atom is 0.372 e. The first-order valence-electron chi connectivity index (χ1n) is 5.24. The maximum absolute atomic E-state index is 10.9. The molecule has 1 N–H and O–H groups in total. The largest absolute Gasteiger partial charge is 0.487 e. The SMILES string of the molecule is N#Cc1cc(Br)ccc1OCc1ccoc1C(=O)O. The number of aromatic carboxylic acids is 1. The van der Waals surface area contributed by atoms with E-state index in [1.807, 2.05) is 6.07 Å².